The number of nitriles is 1. The summed E-state index contributed by atoms with van der Waals surface area (Å²) in [4.78, 5) is 0. The molecule has 0 amide bonds. The SMILES string of the molecule is CCCOc1ccc(C(C#N)=Cc2ccc(NS(C)(=O)=O)cc2)cc1. The largest absolute Gasteiger partial charge is 0.494 e. The number of allylic oxidation sites excluding steroid dienone is 1. The van der Waals surface area contributed by atoms with Gasteiger partial charge in [-0.3, -0.25) is 4.72 Å². The van der Waals surface area contributed by atoms with E-state index in [2.05, 4.69) is 10.8 Å². The standard InChI is InChI=1S/C19H20N2O3S/c1-3-12-24-19-10-6-16(7-11-19)17(14-20)13-15-4-8-18(9-5-15)21-25(2,22)23/h4-11,13,21H,3,12H2,1-2H3. The lowest BCUT2D eigenvalue weighted by Crippen LogP contribution is -2.09. The van der Waals surface area contributed by atoms with Gasteiger partial charge in [0.15, 0.2) is 0 Å². The lowest BCUT2D eigenvalue weighted by Gasteiger charge is -2.06. The number of hydrogen-bond acceptors (Lipinski definition) is 4. The van der Waals surface area contributed by atoms with Crippen molar-refractivity contribution in [2.24, 2.45) is 0 Å². The van der Waals surface area contributed by atoms with Crippen molar-refractivity contribution in [3.05, 3.63) is 59.7 Å². The number of benzene rings is 2. The van der Waals surface area contributed by atoms with Crippen LogP contribution in [0.25, 0.3) is 11.6 Å². The number of nitrogens with one attached hydrogen (secondary N) is 1. The van der Waals surface area contributed by atoms with Crippen LogP contribution in [0.4, 0.5) is 5.69 Å². The van der Waals surface area contributed by atoms with Gasteiger partial charge in [0.25, 0.3) is 0 Å². The van der Waals surface area contributed by atoms with E-state index in [4.69, 9.17) is 4.74 Å². The van der Waals surface area contributed by atoms with Crippen molar-refractivity contribution in [3.8, 4) is 11.8 Å². The summed E-state index contributed by atoms with van der Waals surface area (Å²) in [6.07, 6.45) is 3.80. The Bertz CT molecular complexity index is 878. The first kappa shape index (κ1) is 18.6. The molecule has 1 N–H and O–H groups in total. The second kappa shape index (κ2) is 8.36. The minimum absolute atomic E-state index is 0.482. The van der Waals surface area contributed by atoms with E-state index in [0.29, 0.717) is 17.9 Å². The van der Waals surface area contributed by atoms with Crippen LogP contribution in [0.15, 0.2) is 48.5 Å². The van der Waals surface area contributed by atoms with Crippen LogP contribution in [0.1, 0.15) is 24.5 Å². The molecule has 0 heterocycles. The number of sulfonamides is 1. The van der Waals surface area contributed by atoms with E-state index in [9.17, 15) is 13.7 Å². The monoisotopic (exact) mass is 356 g/mol. The normalized spacial score (nSPS) is 11.6. The average molecular weight is 356 g/mol. The Morgan fingerprint density at radius 2 is 1.80 bits per heavy atom. The molecule has 2 aromatic carbocycles. The zero-order valence-electron chi connectivity index (χ0n) is 14.2. The second-order valence-corrected chi connectivity index (χ2v) is 7.29. The Balaban J connectivity index is 2.18. The van der Waals surface area contributed by atoms with Crippen molar-refractivity contribution < 1.29 is 13.2 Å². The van der Waals surface area contributed by atoms with Crippen LogP contribution in [-0.2, 0) is 10.0 Å². The molecule has 0 fully saturated rings. The van der Waals surface area contributed by atoms with Crippen molar-refractivity contribution >= 4 is 27.4 Å². The van der Waals surface area contributed by atoms with Gasteiger partial charge in [-0.1, -0.05) is 19.1 Å². The topological polar surface area (TPSA) is 79.2 Å². The van der Waals surface area contributed by atoms with E-state index in [1.54, 1.807) is 30.3 Å². The van der Waals surface area contributed by atoms with Crippen LogP contribution < -0.4 is 9.46 Å². The van der Waals surface area contributed by atoms with Crippen LogP contribution in [-0.4, -0.2) is 21.3 Å². The lowest BCUT2D eigenvalue weighted by atomic mass is 10.0. The molecular formula is C19H20N2O3S. The van der Waals surface area contributed by atoms with Gasteiger partial charge in [0, 0.05) is 5.69 Å². The van der Waals surface area contributed by atoms with Gasteiger partial charge < -0.3 is 4.74 Å². The third-order valence-electron chi connectivity index (χ3n) is 3.28. The predicted octanol–water partition coefficient (Wildman–Crippen LogP) is 3.91. The minimum atomic E-state index is -3.30. The molecule has 2 rings (SSSR count). The summed E-state index contributed by atoms with van der Waals surface area (Å²) in [6.45, 7) is 2.70. The fraction of sp³-hybridized carbons (Fsp3) is 0.211. The highest BCUT2D eigenvalue weighted by atomic mass is 32.2. The molecule has 130 valence electrons. The van der Waals surface area contributed by atoms with Gasteiger partial charge in [0.05, 0.1) is 24.5 Å². The van der Waals surface area contributed by atoms with E-state index in [1.165, 1.54) is 0 Å². The van der Waals surface area contributed by atoms with Gasteiger partial charge in [-0.25, -0.2) is 8.42 Å². The summed E-state index contributed by atoms with van der Waals surface area (Å²) in [7, 11) is -3.30. The van der Waals surface area contributed by atoms with E-state index < -0.39 is 10.0 Å². The van der Waals surface area contributed by atoms with E-state index >= 15 is 0 Å². The molecule has 0 bridgehead atoms. The maximum Gasteiger partial charge on any atom is 0.229 e. The molecule has 0 aliphatic heterocycles. The van der Waals surface area contributed by atoms with Crippen LogP contribution in [0.3, 0.4) is 0 Å². The summed E-state index contributed by atoms with van der Waals surface area (Å²) in [5.74, 6) is 0.777. The molecule has 0 atom stereocenters. The molecule has 0 radical (unpaired) electrons. The number of nitrogens with zero attached hydrogens (tertiary/aromatic N) is 1. The van der Waals surface area contributed by atoms with Gasteiger partial charge in [-0.2, -0.15) is 5.26 Å². The highest BCUT2D eigenvalue weighted by Gasteiger charge is 2.04. The third-order valence-corrected chi connectivity index (χ3v) is 3.89. The zero-order chi connectivity index (χ0) is 18.3. The first-order chi connectivity index (χ1) is 11.9. The Hall–Kier alpha value is -2.78. The number of hydrogen-bond donors (Lipinski definition) is 1. The van der Waals surface area contributed by atoms with Crippen LogP contribution >= 0.6 is 0 Å². The molecule has 0 saturated heterocycles. The summed E-state index contributed by atoms with van der Waals surface area (Å²) in [5.41, 5.74) is 2.60. The molecule has 25 heavy (non-hydrogen) atoms. The van der Waals surface area contributed by atoms with Gasteiger partial charge in [0.1, 0.15) is 5.75 Å². The highest BCUT2D eigenvalue weighted by molar-refractivity contribution is 7.92. The smallest absolute Gasteiger partial charge is 0.229 e. The molecule has 0 aromatic heterocycles. The van der Waals surface area contributed by atoms with E-state index in [1.807, 2.05) is 31.2 Å². The lowest BCUT2D eigenvalue weighted by molar-refractivity contribution is 0.317. The van der Waals surface area contributed by atoms with Crippen molar-refractivity contribution in [2.45, 2.75) is 13.3 Å². The Morgan fingerprint density at radius 1 is 1.16 bits per heavy atom. The molecule has 0 aliphatic carbocycles. The maximum absolute atomic E-state index is 11.2. The van der Waals surface area contributed by atoms with Crippen molar-refractivity contribution in [2.75, 3.05) is 17.6 Å². The molecule has 6 heteroatoms. The number of ether oxygens (including phenoxy) is 1. The summed E-state index contributed by atoms with van der Waals surface area (Å²) < 4.78 is 30.4. The molecule has 0 saturated carbocycles. The Kier molecular flexibility index (Phi) is 6.20. The fourth-order valence-electron chi connectivity index (χ4n) is 2.16. The number of rotatable bonds is 7. The van der Waals surface area contributed by atoms with Gasteiger partial charge in [-0.05, 0) is 60.0 Å². The Morgan fingerprint density at radius 3 is 2.32 bits per heavy atom. The average Bonchev–Trinajstić information content (AvgIpc) is 2.58. The van der Waals surface area contributed by atoms with Crippen LogP contribution in [0.2, 0.25) is 0 Å². The summed E-state index contributed by atoms with van der Waals surface area (Å²) >= 11 is 0. The number of anilines is 1. The quantitative estimate of drug-likeness (QED) is 0.602. The van der Waals surface area contributed by atoms with Gasteiger partial charge in [-0.15, -0.1) is 0 Å². The van der Waals surface area contributed by atoms with E-state index in [-0.39, 0.29) is 0 Å². The minimum Gasteiger partial charge on any atom is -0.494 e. The molecular weight excluding hydrogens is 336 g/mol. The first-order valence-corrected chi connectivity index (χ1v) is 9.73. The maximum atomic E-state index is 11.2. The third kappa shape index (κ3) is 5.98. The molecule has 5 nitrogen and oxygen atoms in total. The van der Waals surface area contributed by atoms with Crippen molar-refractivity contribution in [1.82, 2.24) is 0 Å². The predicted molar refractivity (Wildman–Crippen MR) is 101 cm³/mol. The van der Waals surface area contributed by atoms with Crippen molar-refractivity contribution in [1.29, 1.82) is 5.26 Å². The van der Waals surface area contributed by atoms with Gasteiger partial charge in [0.2, 0.25) is 10.0 Å². The van der Waals surface area contributed by atoms with Crippen LogP contribution in [0, 0.1) is 11.3 Å². The molecule has 0 unspecified atom stereocenters. The summed E-state index contributed by atoms with van der Waals surface area (Å²) in [5, 5.41) is 9.42. The van der Waals surface area contributed by atoms with Crippen molar-refractivity contribution in [3.63, 3.8) is 0 Å². The highest BCUT2D eigenvalue weighted by Crippen LogP contribution is 2.22. The Labute approximate surface area is 148 Å². The molecule has 0 aliphatic rings. The second-order valence-electron chi connectivity index (χ2n) is 5.54. The molecule has 2 aromatic rings. The fourth-order valence-corrected chi connectivity index (χ4v) is 2.72. The van der Waals surface area contributed by atoms with Gasteiger partial charge >= 0.3 is 0 Å². The van der Waals surface area contributed by atoms with Crippen LogP contribution in [0.5, 0.6) is 5.75 Å². The van der Waals surface area contributed by atoms with E-state index in [0.717, 1.165) is 29.6 Å². The summed E-state index contributed by atoms with van der Waals surface area (Å²) in [6, 6.07) is 16.4. The first-order valence-electron chi connectivity index (χ1n) is 7.84. The molecule has 0 spiro atoms. The zero-order valence-corrected chi connectivity index (χ0v) is 15.0.